The van der Waals surface area contributed by atoms with Crippen molar-refractivity contribution in [1.82, 2.24) is 10.2 Å². The van der Waals surface area contributed by atoms with E-state index in [1.54, 1.807) is 7.11 Å². The van der Waals surface area contributed by atoms with E-state index >= 15 is 0 Å². The Kier molecular flexibility index (Phi) is 6.92. The molecule has 0 saturated carbocycles. The molecular formula is C23H28N2O5. The number of fused-ring (bicyclic) bond motifs is 1. The number of rotatable bonds is 7. The highest BCUT2D eigenvalue weighted by Crippen LogP contribution is 2.27. The molecule has 0 spiro atoms. The highest BCUT2D eigenvalue weighted by molar-refractivity contribution is 5.94. The van der Waals surface area contributed by atoms with Crippen molar-refractivity contribution in [2.75, 3.05) is 26.8 Å². The number of hydrogen-bond donors (Lipinski definition) is 1. The lowest BCUT2D eigenvalue weighted by molar-refractivity contribution is -0.152. The molecular weight excluding hydrogens is 384 g/mol. The molecule has 1 unspecified atom stereocenters. The first-order valence-electron chi connectivity index (χ1n) is 10.3. The van der Waals surface area contributed by atoms with E-state index in [0.717, 1.165) is 22.1 Å². The average molecular weight is 412 g/mol. The van der Waals surface area contributed by atoms with Gasteiger partial charge in [-0.05, 0) is 41.8 Å². The number of nitrogens with one attached hydrogen (secondary N) is 1. The van der Waals surface area contributed by atoms with E-state index in [9.17, 15) is 14.4 Å². The molecule has 2 atom stereocenters. The van der Waals surface area contributed by atoms with Gasteiger partial charge < -0.3 is 19.7 Å². The third-order valence-corrected chi connectivity index (χ3v) is 5.38. The minimum Gasteiger partial charge on any atom is -0.497 e. The van der Waals surface area contributed by atoms with Crippen LogP contribution in [0.15, 0.2) is 36.4 Å². The molecule has 0 bridgehead atoms. The second kappa shape index (κ2) is 9.61. The van der Waals surface area contributed by atoms with Gasteiger partial charge in [0.15, 0.2) is 0 Å². The number of carbonyl (C=O) groups is 3. The van der Waals surface area contributed by atoms with Gasteiger partial charge in [0.05, 0.1) is 26.1 Å². The van der Waals surface area contributed by atoms with E-state index in [0.29, 0.717) is 26.1 Å². The van der Waals surface area contributed by atoms with Gasteiger partial charge >= 0.3 is 5.97 Å². The lowest BCUT2D eigenvalue weighted by Crippen LogP contribution is -2.58. The second-order valence-electron chi connectivity index (χ2n) is 7.46. The Morgan fingerprint density at radius 2 is 1.93 bits per heavy atom. The van der Waals surface area contributed by atoms with Crippen LogP contribution in [0.25, 0.3) is 10.8 Å². The standard InChI is InChI=1S/C23H28N2O5/c1-4-11-30-21(26)14-20-22(27)24-9-10-25(20)23(28)15(2)16-5-6-18-13-19(29-3)8-7-17(18)12-16/h5-8,12-13,15,20H,4,9-11,14H2,1-3H3,(H,24,27)/t15-,20?/m0/s1. The molecule has 1 fully saturated rings. The molecule has 1 heterocycles. The number of ether oxygens (including phenoxy) is 2. The Bertz CT molecular complexity index is 942. The van der Waals surface area contributed by atoms with Crippen LogP contribution in [-0.2, 0) is 19.1 Å². The molecule has 0 aliphatic carbocycles. The van der Waals surface area contributed by atoms with E-state index in [1.807, 2.05) is 50.2 Å². The fraction of sp³-hybridized carbons (Fsp3) is 0.435. The topological polar surface area (TPSA) is 84.9 Å². The summed E-state index contributed by atoms with van der Waals surface area (Å²) < 4.78 is 10.4. The Morgan fingerprint density at radius 3 is 2.67 bits per heavy atom. The number of carbonyl (C=O) groups excluding carboxylic acids is 3. The summed E-state index contributed by atoms with van der Waals surface area (Å²) in [5.74, 6) is -0.635. The molecule has 1 N–H and O–H groups in total. The zero-order valence-electron chi connectivity index (χ0n) is 17.6. The van der Waals surface area contributed by atoms with Crippen molar-refractivity contribution in [3.63, 3.8) is 0 Å². The lowest BCUT2D eigenvalue weighted by Gasteiger charge is -2.36. The van der Waals surface area contributed by atoms with E-state index in [1.165, 1.54) is 4.90 Å². The van der Waals surface area contributed by atoms with Crippen LogP contribution in [0.4, 0.5) is 0 Å². The first kappa shape index (κ1) is 21.6. The Hall–Kier alpha value is -3.09. The van der Waals surface area contributed by atoms with Crippen molar-refractivity contribution in [1.29, 1.82) is 0 Å². The van der Waals surface area contributed by atoms with Gasteiger partial charge in [0.2, 0.25) is 11.8 Å². The Balaban J connectivity index is 1.79. The summed E-state index contributed by atoms with van der Waals surface area (Å²) >= 11 is 0. The maximum absolute atomic E-state index is 13.3. The maximum atomic E-state index is 13.3. The SMILES string of the molecule is CCCOC(=O)CC1C(=O)NCCN1C(=O)[C@@H](C)c1ccc2cc(OC)ccc2c1. The van der Waals surface area contributed by atoms with Crippen LogP contribution in [-0.4, -0.2) is 55.5 Å². The highest BCUT2D eigenvalue weighted by Gasteiger charge is 2.37. The number of esters is 1. The molecule has 1 aliphatic heterocycles. The summed E-state index contributed by atoms with van der Waals surface area (Å²) in [5.41, 5.74) is 0.857. The molecule has 7 heteroatoms. The van der Waals surface area contributed by atoms with Gasteiger partial charge in [-0.25, -0.2) is 0 Å². The van der Waals surface area contributed by atoms with E-state index in [4.69, 9.17) is 9.47 Å². The zero-order valence-corrected chi connectivity index (χ0v) is 17.6. The predicted molar refractivity (Wildman–Crippen MR) is 113 cm³/mol. The lowest BCUT2D eigenvalue weighted by atomic mass is 9.95. The van der Waals surface area contributed by atoms with E-state index in [2.05, 4.69) is 5.32 Å². The molecule has 0 radical (unpaired) electrons. The monoisotopic (exact) mass is 412 g/mol. The van der Waals surface area contributed by atoms with Gasteiger partial charge in [-0.15, -0.1) is 0 Å². The number of methoxy groups -OCH3 is 1. The number of amides is 2. The summed E-state index contributed by atoms with van der Waals surface area (Å²) in [6.07, 6.45) is 0.567. The Morgan fingerprint density at radius 1 is 1.20 bits per heavy atom. The summed E-state index contributed by atoms with van der Waals surface area (Å²) in [4.78, 5) is 39.2. The molecule has 1 aliphatic rings. The number of piperazine rings is 1. The van der Waals surface area contributed by atoms with Gasteiger partial charge in [-0.3, -0.25) is 14.4 Å². The van der Waals surface area contributed by atoms with Gasteiger partial charge in [0, 0.05) is 13.1 Å². The quantitative estimate of drug-likeness (QED) is 0.707. The van der Waals surface area contributed by atoms with Crippen molar-refractivity contribution in [3.8, 4) is 5.75 Å². The maximum Gasteiger partial charge on any atom is 0.308 e. The fourth-order valence-corrected chi connectivity index (χ4v) is 3.64. The molecule has 30 heavy (non-hydrogen) atoms. The number of hydrogen-bond acceptors (Lipinski definition) is 5. The summed E-state index contributed by atoms with van der Waals surface area (Å²) in [6, 6.07) is 10.8. The smallest absolute Gasteiger partial charge is 0.308 e. The summed E-state index contributed by atoms with van der Waals surface area (Å²) in [5, 5.41) is 4.76. The Labute approximate surface area is 176 Å². The second-order valence-corrected chi connectivity index (χ2v) is 7.46. The number of benzene rings is 2. The molecule has 2 amide bonds. The molecule has 7 nitrogen and oxygen atoms in total. The van der Waals surface area contributed by atoms with Crippen LogP contribution in [0.5, 0.6) is 5.75 Å². The summed E-state index contributed by atoms with van der Waals surface area (Å²) in [6.45, 7) is 4.77. The summed E-state index contributed by atoms with van der Waals surface area (Å²) in [7, 11) is 1.62. The van der Waals surface area contributed by atoms with Gasteiger partial charge in [-0.2, -0.15) is 0 Å². The highest BCUT2D eigenvalue weighted by atomic mass is 16.5. The molecule has 3 rings (SSSR count). The molecule has 1 saturated heterocycles. The van der Waals surface area contributed by atoms with Crippen LogP contribution in [0, 0.1) is 0 Å². The van der Waals surface area contributed by atoms with Crippen LogP contribution in [0.1, 0.15) is 38.2 Å². The molecule has 160 valence electrons. The van der Waals surface area contributed by atoms with Gasteiger partial charge in [0.25, 0.3) is 0 Å². The zero-order chi connectivity index (χ0) is 21.7. The van der Waals surface area contributed by atoms with Crippen molar-refractivity contribution in [2.24, 2.45) is 0 Å². The third-order valence-electron chi connectivity index (χ3n) is 5.38. The first-order valence-corrected chi connectivity index (χ1v) is 10.3. The normalized spacial score (nSPS) is 17.4. The van der Waals surface area contributed by atoms with E-state index in [-0.39, 0.29) is 18.2 Å². The van der Waals surface area contributed by atoms with Crippen LogP contribution in [0.2, 0.25) is 0 Å². The largest absolute Gasteiger partial charge is 0.497 e. The fourth-order valence-electron chi connectivity index (χ4n) is 3.64. The van der Waals surface area contributed by atoms with E-state index < -0.39 is 17.9 Å². The predicted octanol–water partition coefficient (Wildman–Crippen LogP) is 2.62. The minimum absolute atomic E-state index is 0.137. The van der Waals surface area contributed by atoms with Crippen LogP contribution < -0.4 is 10.1 Å². The molecule has 2 aromatic carbocycles. The molecule has 2 aromatic rings. The van der Waals surface area contributed by atoms with Gasteiger partial charge in [-0.1, -0.05) is 31.2 Å². The van der Waals surface area contributed by atoms with Gasteiger partial charge in [0.1, 0.15) is 11.8 Å². The molecule has 0 aromatic heterocycles. The first-order chi connectivity index (χ1) is 14.4. The van der Waals surface area contributed by atoms with Crippen molar-refractivity contribution < 1.29 is 23.9 Å². The minimum atomic E-state index is -0.845. The van der Waals surface area contributed by atoms with Crippen molar-refractivity contribution in [3.05, 3.63) is 42.0 Å². The third kappa shape index (κ3) is 4.72. The van der Waals surface area contributed by atoms with Crippen molar-refractivity contribution in [2.45, 2.75) is 38.6 Å². The number of nitrogens with zero attached hydrogens (tertiary/aromatic N) is 1. The van der Waals surface area contributed by atoms with Crippen LogP contribution in [0.3, 0.4) is 0 Å². The van der Waals surface area contributed by atoms with Crippen molar-refractivity contribution >= 4 is 28.6 Å². The van der Waals surface area contributed by atoms with Crippen LogP contribution >= 0.6 is 0 Å². The average Bonchev–Trinajstić information content (AvgIpc) is 2.77.